The number of rotatable bonds is 6. The van der Waals surface area contributed by atoms with Crippen LogP contribution < -0.4 is 15.2 Å². The zero-order valence-corrected chi connectivity index (χ0v) is 19.5. The molecule has 1 amide bonds. The van der Waals surface area contributed by atoms with Crippen LogP contribution in [0.1, 0.15) is 30.7 Å². The maximum Gasteiger partial charge on any atom is 0.255 e. The van der Waals surface area contributed by atoms with E-state index in [-0.39, 0.29) is 36.4 Å². The number of hydrogen-bond acceptors (Lipinski definition) is 6. The Morgan fingerprint density at radius 2 is 1.97 bits per heavy atom. The van der Waals surface area contributed by atoms with Crippen LogP contribution in [0.4, 0.5) is 23.2 Å². The third-order valence-electron chi connectivity index (χ3n) is 6.54. The first-order chi connectivity index (χ1) is 16.4. The molecule has 0 bridgehead atoms. The first-order valence-corrected chi connectivity index (χ1v) is 12.4. The fraction of sp³-hybridized carbons (Fsp3) is 0.455. The maximum atomic E-state index is 14.4. The van der Waals surface area contributed by atoms with Gasteiger partial charge >= 0.3 is 0 Å². The Balaban J connectivity index is 1.64. The molecule has 8 nitrogen and oxygen atoms in total. The van der Waals surface area contributed by atoms with Crippen molar-refractivity contribution >= 4 is 21.6 Å². The van der Waals surface area contributed by atoms with Crippen LogP contribution in [0.15, 0.2) is 35.5 Å². The van der Waals surface area contributed by atoms with Crippen molar-refractivity contribution in [3.05, 3.63) is 47.7 Å². The highest BCUT2D eigenvalue weighted by molar-refractivity contribution is 7.89. The Morgan fingerprint density at radius 3 is 2.60 bits per heavy atom. The molecule has 2 atom stereocenters. The number of benzene rings is 1. The molecule has 1 aliphatic heterocycles. The van der Waals surface area contributed by atoms with Gasteiger partial charge in [0.25, 0.3) is 15.9 Å². The molecule has 35 heavy (non-hydrogen) atoms. The van der Waals surface area contributed by atoms with Gasteiger partial charge in [-0.3, -0.25) is 9.69 Å². The molecule has 0 spiro atoms. The van der Waals surface area contributed by atoms with E-state index in [4.69, 9.17) is 9.88 Å². The predicted octanol–water partition coefficient (Wildman–Crippen LogP) is 2.86. The van der Waals surface area contributed by atoms with Gasteiger partial charge in [0.15, 0.2) is 16.6 Å². The number of anilines is 1. The number of halogens is 4. The van der Waals surface area contributed by atoms with Gasteiger partial charge in [0.2, 0.25) is 11.7 Å². The van der Waals surface area contributed by atoms with E-state index in [1.807, 2.05) is 0 Å². The molecule has 2 aliphatic rings. The highest BCUT2D eigenvalue weighted by atomic mass is 32.2. The van der Waals surface area contributed by atoms with E-state index in [1.54, 1.807) is 4.90 Å². The smallest absolute Gasteiger partial charge is 0.255 e. The molecule has 13 heteroatoms. The number of amides is 1. The van der Waals surface area contributed by atoms with Crippen molar-refractivity contribution in [2.45, 2.75) is 42.2 Å². The number of piperidine rings is 1. The van der Waals surface area contributed by atoms with Gasteiger partial charge in [-0.25, -0.2) is 31.7 Å². The Bertz CT molecular complexity index is 1240. The standard InChI is InChI=1S/C22H24F4N4O4S/c1-34-20-15(2-3-17(23)19(20)24)14-5-7-30(13-9-22(25,26)10-13)11-16(14)21(31)29-12-4-6-28-18(8-12)35(27,32)33/h2-4,6,8,13-14,16H,5,7,9-11H2,1H3,(H2,27,32,33)(H,28,29,31)/t14-,16+/m0/s1. The summed E-state index contributed by atoms with van der Waals surface area (Å²) in [5, 5.41) is 7.27. The molecule has 0 unspecified atom stereocenters. The second-order valence-corrected chi connectivity index (χ2v) is 10.3. The number of alkyl halides is 2. The summed E-state index contributed by atoms with van der Waals surface area (Å²) >= 11 is 0. The predicted molar refractivity (Wildman–Crippen MR) is 118 cm³/mol. The summed E-state index contributed by atoms with van der Waals surface area (Å²) in [5.74, 6) is -7.38. The lowest BCUT2D eigenvalue weighted by Gasteiger charge is -2.47. The molecule has 1 aliphatic carbocycles. The van der Waals surface area contributed by atoms with Crippen molar-refractivity contribution in [1.29, 1.82) is 0 Å². The van der Waals surface area contributed by atoms with Crippen LogP contribution in [-0.2, 0) is 14.8 Å². The van der Waals surface area contributed by atoms with Gasteiger partial charge in [0, 0.05) is 54.9 Å². The quantitative estimate of drug-likeness (QED) is 0.571. The third-order valence-corrected chi connectivity index (χ3v) is 7.35. The number of carbonyl (C=O) groups excluding carboxylic acids is 1. The highest BCUT2D eigenvalue weighted by Gasteiger charge is 2.50. The Morgan fingerprint density at radius 1 is 1.26 bits per heavy atom. The highest BCUT2D eigenvalue weighted by Crippen LogP contribution is 2.45. The van der Waals surface area contributed by atoms with Gasteiger partial charge in [-0.15, -0.1) is 0 Å². The van der Waals surface area contributed by atoms with Gasteiger partial charge < -0.3 is 10.1 Å². The maximum absolute atomic E-state index is 14.4. The van der Waals surface area contributed by atoms with Crippen LogP contribution in [0.3, 0.4) is 0 Å². The van der Waals surface area contributed by atoms with Crippen LogP contribution in [-0.4, -0.2) is 56.4 Å². The number of primary sulfonamides is 1. The van der Waals surface area contributed by atoms with Gasteiger partial charge in [-0.2, -0.15) is 4.39 Å². The zero-order chi connectivity index (χ0) is 25.5. The molecular weight excluding hydrogens is 492 g/mol. The summed E-state index contributed by atoms with van der Waals surface area (Å²) in [4.78, 5) is 18.8. The van der Waals surface area contributed by atoms with E-state index in [9.17, 15) is 30.8 Å². The minimum absolute atomic E-state index is 0.0898. The summed E-state index contributed by atoms with van der Waals surface area (Å²) in [6.07, 6.45) is 0.834. The molecule has 1 saturated heterocycles. The van der Waals surface area contributed by atoms with Crippen LogP contribution in [0.2, 0.25) is 0 Å². The number of aromatic nitrogens is 1. The topological polar surface area (TPSA) is 115 Å². The van der Waals surface area contributed by atoms with Crippen molar-refractivity contribution < 1.29 is 35.5 Å². The summed E-state index contributed by atoms with van der Waals surface area (Å²) in [6, 6.07) is 4.35. The summed E-state index contributed by atoms with van der Waals surface area (Å²) in [7, 11) is -2.93. The van der Waals surface area contributed by atoms with Gasteiger partial charge in [0.1, 0.15) is 0 Å². The Kier molecular flexibility index (Phi) is 6.77. The van der Waals surface area contributed by atoms with Crippen LogP contribution in [0, 0.1) is 17.6 Å². The van der Waals surface area contributed by atoms with E-state index in [0.717, 1.165) is 18.3 Å². The van der Waals surface area contributed by atoms with Crippen molar-refractivity contribution in [1.82, 2.24) is 9.88 Å². The SMILES string of the molecule is COc1c([C@@H]2CCN(C3CC(F)(F)C3)C[C@H]2C(=O)Nc2ccnc(S(N)(=O)=O)c2)ccc(F)c1F. The van der Waals surface area contributed by atoms with E-state index in [0.29, 0.717) is 13.0 Å². The lowest BCUT2D eigenvalue weighted by atomic mass is 9.77. The lowest BCUT2D eigenvalue weighted by molar-refractivity contribution is -0.136. The molecule has 1 aromatic heterocycles. The molecule has 3 N–H and O–H groups in total. The average Bonchev–Trinajstić information content (AvgIpc) is 2.78. The molecular formula is C22H24F4N4O4S. The van der Waals surface area contributed by atoms with Crippen molar-refractivity contribution in [2.24, 2.45) is 11.1 Å². The number of sulfonamides is 1. The fourth-order valence-electron chi connectivity index (χ4n) is 4.76. The normalized spacial score (nSPS) is 22.9. The number of methoxy groups -OCH3 is 1. The van der Waals surface area contributed by atoms with Gasteiger partial charge in [-0.05, 0) is 25.1 Å². The molecule has 1 aromatic carbocycles. The van der Waals surface area contributed by atoms with E-state index in [1.165, 1.54) is 19.2 Å². The molecule has 2 fully saturated rings. The summed E-state index contributed by atoms with van der Waals surface area (Å²) in [6.45, 7) is 0.467. The van der Waals surface area contributed by atoms with E-state index in [2.05, 4.69) is 10.3 Å². The van der Waals surface area contributed by atoms with Crippen molar-refractivity contribution in [3.8, 4) is 5.75 Å². The number of nitrogens with two attached hydrogens (primary N) is 1. The lowest BCUT2D eigenvalue weighted by Crippen LogP contribution is -2.56. The van der Waals surface area contributed by atoms with E-state index < -0.39 is 56.4 Å². The average molecular weight is 517 g/mol. The minimum Gasteiger partial charge on any atom is -0.493 e. The second kappa shape index (κ2) is 9.36. The van der Waals surface area contributed by atoms with E-state index >= 15 is 0 Å². The van der Waals surface area contributed by atoms with Crippen molar-refractivity contribution in [2.75, 3.05) is 25.5 Å². The molecule has 190 valence electrons. The minimum atomic E-state index is -4.12. The summed E-state index contributed by atoms with van der Waals surface area (Å²) in [5.41, 5.74) is 0.391. The number of nitrogens with one attached hydrogen (secondary N) is 1. The second-order valence-electron chi connectivity index (χ2n) is 8.82. The number of hydrogen-bond donors (Lipinski definition) is 2. The van der Waals surface area contributed by atoms with Crippen molar-refractivity contribution in [3.63, 3.8) is 0 Å². The number of ether oxygens (including phenoxy) is 1. The van der Waals surface area contributed by atoms with Crippen LogP contribution in [0.25, 0.3) is 0 Å². The Labute approximate surface area is 199 Å². The van der Waals surface area contributed by atoms with Gasteiger partial charge in [0.05, 0.1) is 13.0 Å². The number of carbonyl (C=O) groups is 1. The molecule has 2 heterocycles. The Hall–Kier alpha value is -2.77. The number of nitrogens with zero attached hydrogens (tertiary/aromatic N) is 2. The molecule has 0 radical (unpaired) electrons. The number of pyridine rings is 1. The fourth-order valence-corrected chi connectivity index (χ4v) is 5.26. The molecule has 4 rings (SSSR count). The molecule has 1 saturated carbocycles. The number of likely N-dealkylation sites (tertiary alicyclic amines) is 1. The first kappa shape index (κ1) is 25.3. The third kappa shape index (κ3) is 5.26. The van der Waals surface area contributed by atoms with Crippen LogP contribution >= 0.6 is 0 Å². The first-order valence-electron chi connectivity index (χ1n) is 10.8. The zero-order valence-electron chi connectivity index (χ0n) is 18.7. The monoisotopic (exact) mass is 516 g/mol. The molecule has 2 aromatic rings. The largest absolute Gasteiger partial charge is 0.493 e. The summed E-state index contributed by atoms with van der Waals surface area (Å²) < 4.78 is 83.5. The van der Waals surface area contributed by atoms with Gasteiger partial charge in [-0.1, -0.05) is 6.07 Å². The van der Waals surface area contributed by atoms with Crippen LogP contribution in [0.5, 0.6) is 5.75 Å².